The molecule has 0 radical (unpaired) electrons. The van der Waals surface area contributed by atoms with Gasteiger partial charge in [0, 0.05) is 6.54 Å². The van der Waals surface area contributed by atoms with Gasteiger partial charge in [0.1, 0.15) is 18.8 Å². The highest BCUT2D eigenvalue weighted by Crippen LogP contribution is 2.49. The predicted octanol–water partition coefficient (Wildman–Crippen LogP) is 2.65. The number of hydrogen-bond donors (Lipinski definition) is 1. The molecule has 1 aliphatic heterocycles. The van der Waals surface area contributed by atoms with Crippen LogP contribution in [0.3, 0.4) is 0 Å². The summed E-state index contributed by atoms with van der Waals surface area (Å²) in [6.45, 7) is 0.949. The van der Waals surface area contributed by atoms with E-state index in [2.05, 4.69) is 5.32 Å². The maximum atomic E-state index is 12.9. The van der Waals surface area contributed by atoms with Crippen molar-refractivity contribution >= 4 is 0 Å². The summed E-state index contributed by atoms with van der Waals surface area (Å²) in [6, 6.07) is 3.36. The molecule has 2 aliphatic rings. The van der Waals surface area contributed by atoms with Crippen LogP contribution in [0, 0.1) is 0 Å². The minimum atomic E-state index is -4.22. The van der Waals surface area contributed by atoms with Gasteiger partial charge in [0.25, 0.3) is 0 Å². The van der Waals surface area contributed by atoms with Gasteiger partial charge in [-0.25, -0.2) is 0 Å². The molecule has 1 N–H and O–H groups in total. The summed E-state index contributed by atoms with van der Waals surface area (Å²) in [6.07, 6.45) is -3.97. The van der Waals surface area contributed by atoms with Gasteiger partial charge in [-0.1, -0.05) is 0 Å². The maximum absolute atomic E-state index is 12.9. The summed E-state index contributed by atoms with van der Waals surface area (Å²) < 4.78 is 54.8. The Kier molecular flexibility index (Phi) is 3.39. The fourth-order valence-electron chi connectivity index (χ4n) is 2.39. The largest absolute Gasteiger partial charge is 0.493 e. The zero-order chi connectivity index (χ0) is 15.1. The van der Waals surface area contributed by atoms with Crippen LogP contribution in [0.5, 0.6) is 17.2 Å². The van der Waals surface area contributed by atoms with Gasteiger partial charge in [-0.15, -0.1) is 0 Å². The molecule has 0 unspecified atom stereocenters. The first kappa shape index (κ1) is 14.3. The Balaban J connectivity index is 1.77. The third kappa shape index (κ3) is 2.62. The smallest absolute Gasteiger partial charge is 0.406 e. The second-order valence-electron chi connectivity index (χ2n) is 5.26. The van der Waals surface area contributed by atoms with Crippen LogP contribution in [-0.2, 0) is 6.54 Å². The number of halogens is 3. The molecule has 0 spiro atoms. The van der Waals surface area contributed by atoms with Gasteiger partial charge in [0.2, 0.25) is 5.75 Å². The number of methoxy groups -OCH3 is 1. The minimum absolute atomic E-state index is 0.104. The van der Waals surface area contributed by atoms with Crippen molar-refractivity contribution < 1.29 is 27.4 Å². The highest BCUT2D eigenvalue weighted by molar-refractivity contribution is 5.54. The molecule has 1 fully saturated rings. The fourth-order valence-corrected chi connectivity index (χ4v) is 2.39. The third-order valence-corrected chi connectivity index (χ3v) is 3.81. The molecule has 1 saturated carbocycles. The van der Waals surface area contributed by atoms with Crippen molar-refractivity contribution in [3.05, 3.63) is 17.7 Å². The molecule has 21 heavy (non-hydrogen) atoms. The van der Waals surface area contributed by atoms with E-state index in [0.717, 1.165) is 0 Å². The average Bonchev–Trinajstić information content (AvgIpc) is 3.25. The van der Waals surface area contributed by atoms with E-state index >= 15 is 0 Å². The number of rotatable bonds is 4. The molecule has 0 amide bonds. The predicted molar refractivity (Wildman–Crippen MR) is 68.8 cm³/mol. The van der Waals surface area contributed by atoms with Crippen molar-refractivity contribution in [2.45, 2.75) is 31.1 Å². The minimum Gasteiger partial charge on any atom is -0.493 e. The van der Waals surface area contributed by atoms with Crippen LogP contribution in [0.15, 0.2) is 12.1 Å². The van der Waals surface area contributed by atoms with Crippen molar-refractivity contribution in [3.8, 4) is 17.2 Å². The standard InChI is InChI=1S/C14H16F3NO3/c1-19-10-6-9(7-11-12(10)21-5-4-20-11)8-18-13(2-3-13)14(15,16)17/h6-7,18H,2-5,8H2,1H3. The van der Waals surface area contributed by atoms with Gasteiger partial charge >= 0.3 is 6.18 Å². The average molecular weight is 303 g/mol. The van der Waals surface area contributed by atoms with Crippen LogP contribution in [0.25, 0.3) is 0 Å². The van der Waals surface area contributed by atoms with Crippen LogP contribution in [0.4, 0.5) is 13.2 Å². The van der Waals surface area contributed by atoms with E-state index < -0.39 is 11.7 Å². The van der Waals surface area contributed by atoms with E-state index in [0.29, 0.717) is 36.0 Å². The Morgan fingerprint density at radius 1 is 1.24 bits per heavy atom. The fraction of sp³-hybridized carbons (Fsp3) is 0.571. The summed E-state index contributed by atoms with van der Waals surface area (Å²) in [5, 5.41) is 2.61. The van der Waals surface area contributed by atoms with Crippen LogP contribution in [0.2, 0.25) is 0 Å². The Morgan fingerprint density at radius 2 is 1.95 bits per heavy atom. The topological polar surface area (TPSA) is 39.7 Å². The monoisotopic (exact) mass is 303 g/mol. The molecule has 3 rings (SSSR count). The lowest BCUT2D eigenvalue weighted by Crippen LogP contribution is -2.44. The third-order valence-electron chi connectivity index (χ3n) is 3.81. The molecule has 1 aliphatic carbocycles. The Morgan fingerprint density at radius 3 is 2.57 bits per heavy atom. The lowest BCUT2D eigenvalue weighted by molar-refractivity contribution is -0.166. The van der Waals surface area contributed by atoms with Gasteiger partial charge < -0.3 is 14.2 Å². The quantitative estimate of drug-likeness (QED) is 0.928. The number of hydrogen-bond acceptors (Lipinski definition) is 4. The number of benzene rings is 1. The van der Waals surface area contributed by atoms with Crippen molar-refractivity contribution in [2.75, 3.05) is 20.3 Å². The van der Waals surface area contributed by atoms with Crippen molar-refractivity contribution in [1.29, 1.82) is 0 Å². The highest BCUT2D eigenvalue weighted by Gasteiger charge is 2.62. The van der Waals surface area contributed by atoms with Crippen LogP contribution in [-0.4, -0.2) is 32.0 Å². The maximum Gasteiger partial charge on any atom is 0.406 e. The summed E-state index contributed by atoms with van der Waals surface area (Å²) in [7, 11) is 1.49. The Bertz CT molecular complexity index is 524. The summed E-state index contributed by atoms with van der Waals surface area (Å²) in [5.74, 6) is 1.49. The molecule has 0 saturated heterocycles. The summed E-state index contributed by atoms with van der Waals surface area (Å²) in [5.41, 5.74) is -1.06. The number of ether oxygens (including phenoxy) is 3. The first-order chi connectivity index (χ1) is 9.95. The molecular formula is C14H16F3NO3. The van der Waals surface area contributed by atoms with E-state index in [-0.39, 0.29) is 19.4 Å². The molecule has 0 bridgehead atoms. The van der Waals surface area contributed by atoms with Gasteiger partial charge in [0.05, 0.1) is 7.11 Å². The van der Waals surface area contributed by atoms with Crippen molar-refractivity contribution in [2.24, 2.45) is 0 Å². The van der Waals surface area contributed by atoms with E-state index in [4.69, 9.17) is 14.2 Å². The lowest BCUT2D eigenvalue weighted by Gasteiger charge is -2.23. The lowest BCUT2D eigenvalue weighted by atomic mass is 10.1. The van der Waals surface area contributed by atoms with Gasteiger partial charge in [-0.2, -0.15) is 13.2 Å². The second-order valence-corrected chi connectivity index (χ2v) is 5.26. The summed E-state index contributed by atoms with van der Waals surface area (Å²) >= 11 is 0. The zero-order valence-corrected chi connectivity index (χ0v) is 11.5. The van der Waals surface area contributed by atoms with Gasteiger partial charge in [-0.3, -0.25) is 5.32 Å². The second kappa shape index (κ2) is 4.98. The van der Waals surface area contributed by atoms with Gasteiger partial charge in [-0.05, 0) is 30.5 Å². The molecule has 1 aromatic rings. The number of nitrogens with one attached hydrogen (secondary N) is 1. The van der Waals surface area contributed by atoms with Crippen LogP contribution < -0.4 is 19.5 Å². The van der Waals surface area contributed by atoms with Crippen LogP contribution in [0.1, 0.15) is 18.4 Å². The van der Waals surface area contributed by atoms with Crippen molar-refractivity contribution in [1.82, 2.24) is 5.32 Å². The Labute approximate surface area is 120 Å². The molecule has 1 heterocycles. The molecule has 0 atom stereocenters. The number of alkyl halides is 3. The van der Waals surface area contributed by atoms with E-state index in [9.17, 15) is 13.2 Å². The normalized spacial score (nSPS) is 19.2. The molecule has 4 nitrogen and oxygen atoms in total. The molecule has 0 aromatic heterocycles. The SMILES string of the molecule is COc1cc(CNC2(C(F)(F)F)CC2)cc2c1OCCO2. The number of fused-ring (bicyclic) bond motifs is 1. The first-order valence-electron chi connectivity index (χ1n) is 6.73. The zero-order valence-electron chi connectivity index (χ0n) is 11.5. The molecule has 116 valence electrons. The van der Waals surface area contributed by atoms with Crippen molar-refractivity contribution in [3.63, 3.8) is 0 Å². The van der Waals surface area contributed by atoms with E-state index in [1.807, 2.05) is 0 Å². The molecular weight excluding hydrogens is 287 g/mol. The molecule has 7 heteroatoms. The highest BCUT2D eigenvalue weighted by atomic mass is 19.4. The van der Waals surface area contributed by atoms with Gasteiger partial charge in [0.15, 0.2) is 11.5 Å². The summed E-state index contributed by atoms with van der Waals surface area (Å²) in [4.78, 5) is 0. The van der Waals surface area contributed by atoms with Crippen LogP contribution >= 0.6 is 0 Å². The Hall–Kier alpha value is -1.63. The first-order valence-corrected chi connectivity index (χ1v) is 6.73. The molecule has 1 aromatic carbocycles. The van der Waals surface area contributed by atoms with E-state index in [1.165, 1.54) is 7.11 Å². The van der Waals surface area contributed by atoms with E-state index in [1.54, 1.807) is 12.1 Å².